The van der Waals surface area contributed by atoms with Crippen LogP contribution in [0.4, 0.5) is 5.95 Å². The summed E-state index contributed by atoms with van der Waals surface area (Å²) in [5.41, 5.74) is 0.765. The molecule has 1 heterocycles. The van der Waals surface area contributed by atoms with Gasteiger partial charge in [-0.25, -0.2) is 4.57 Å². The van der Waals surface area contributed by atoms with E-state index in [1.807, 2.05) is 6.92 Å². The third-order valence-corrected chi connectivity index (χ3v) is 1.77. The maximum absolute atomic E-state index is 10.5. The summed E-state index contributed by atoms with van der Waals surface area (Å²) < 4.78 is 1.42. The van der Waals surface area contributed by atoms with Crippen LogP contribution in [0, 0.1) is 10.1 Å². The van der Waals surface area contributed by atoms with Crippen molar-refractivity contribution in [3.63, 3.8) is 0 Å². The molecule has 0 atom stereocenters. The van der Waals surface area contributed by atoms with Crippen molar-refractivity contribution in [1.29, 1.82) is 0 Å². The molecule has 0 saturated heterocycles. The summed E-state index contributed by atoms with van der Waals surface area (Å²) in [6.07, 6.45) is 2.13. The number of imidazole rings is 1. The molecule has 0 bridgehead atoms. The molecule has 0 aliphatic heterocycles. The smallest absolute Gasteiger partial charge is 0.393 e. The standard InChI is InChI=1S/C7H11N3O3/c1-2-6-5-8-7(10(12)13)9(6)3-4-11/h5,11H,2-4H2,1H3. The highest BCUT2D eigenvalue weighted by Crippen LogP contribution is 2.12. The Kier molecular flexibility index (Phi) is 2.97. The summed E-state index contributed by atoms with van der Waals surface area (Å²) in [7, 11) is 0. The summed E-state index contributed by atoms with van der Waals surface area (Å²) in [5, 5.41) is 19.2. The van der Waals surface area contributed by atoms with Gasteiger partial charge >= 0.3 is 5.95 Å². The van der Waals surface area contributed by atoms with Crippen LogP contribution in [-0.2, 0) is 13.0 Å². The largest absolute Gasteiger partial charge is 0.434 e. The minimum absolute atomic E-state index is 0.121. The second-order valence-corrected chi connectivity index (χ2v) is 2.54. The van der Waals surface area contributed by atoms with E-state index in [-0.39, 0.29) is 19.1 Å². The lowest BCUT2D eigenvalue weighted by Gasteiger charge is -2.01. The van der Waals surface area contributed by atoms with Gasteiger partial charge in [0, 0.05) is 6.42 Å². The first kappa shape index (κ1) is 9.66. The highest BCUT2D eigenvalue weighted by molar-refractivity contribution is 5.15. The number of hydrogen-bond acceptors (Lipinski definition) is 4. The third-order valence-electron chi connectivity index (χ3n) is 1.77. The van der Waals surface area contributed by atoms with Gasteiger partial charge in [-0.3, -0.25) is 0 Å². The number of hydrogen-bond donors (Lipinski definition) is 1. The molecule has 1 rings (SSSR count). The highest BCUT2D eigenvalue weighted by atomic mass is 16.6. The number of rotatable bonds is 4. The number of aliphatic hydroxyl groups is 1. The first-order valence-corrected chi connectivity index (χ1v) is 4.00. The van der Waals surface area contributed by atoms with Crippen molar-refractivity contribution in [2.75, 3.05) is 6.61 Å². The Hall–Kier alpha value is -1.43. The number of aromatic nitrogens is 2. The van der Waals surface area contributed by atoms with Crippen molar-refractivity contribution < 1.29 is 10.0 Å². The Morgan fingerprint density at radius 3 is 2.92 bits per heavy atom. The van der Waals surface area contributed by atoms with Crippen molar-refractivity contribution in [3.05, 3.63) is 22.0 Å². The quantitative estimate of drug-likeness (QED) is 0.542. The van der Waals surface area contributed by atoms with Crippen LogP contribution in [0.15, 0.2) is 6.20 Å². The minimum Gasteiger partial charge on any atom is -0.393 e. The van der Waals surface area contributed by atoms with E-state index in [1.54, 1.807) is 0 Å². The van der Waals surface area contributed by atoms with Gasteiger partial charge < -0.3 is 15.2 Å². The summed E-state index contributed by atoms with van der Waals surface area (Å²) in [5.74, 6) is -0.203. The summed E-state index contributed by atoms with van der Waals surface area (Å²) in [4.78, 5) is 13.6. The van der Waals surface area contributed by atoms with Gasteiger partial charge in [-0.2, -0.15) is 0 Å². The molecule has 0 amide bonds. The molecule has 0 fully saturated rings. The maximum Gasteiger partial charge on any atom is 0.434 e. The van der Waals surface area contributed by atoms with Crippen LogP contribution >= 0.6 is 0 Å². The molecule has 0 aromatic carbocycles. The van der Waals surface area contributed by atoms with Crippen LogP contribution in [0.3, 0.4) is 0 Å². The Morgan fingerprint density at radius 2 is 2.46 bits per heavy atom. The van der Waals surface area contributed by atoms with Crippen molar-refractivity contribution in [3.8, 4) is 0 Å². The molecular weight excluding hydrogens is 174 g/mol. The molecule has 0 aliphatic rings. The molecule has 1 aromatic rings. The van der Waals surface area contributed by atoms with E-state index >= 15 is 0 Å². The normalized spacial score (nSPS) is 10.3. The lowest BCUT2D eigenvalue weighted by Crippen LogP contribution is -2.09. The van der Waals surface area contributed by atoms with Crippen LogP contribution in [0.5, 0.6) is 0 Å². The van der Waals surface area contributed by atoms with E-state index in [4.69, 9.17) is 5.11 Å². The molecule has 0 aliphatic carbocycles. The number of aryl methyl sites for hydroxylation is 1. The SMILES string of the molecule is CCc1cnc([N+](=O)[O-])n1CCO. The molecular formula is C7H11N3O3. The van der Waals surface area contributed by atoms with Crippen LogP contribution < -0.4 is 0 Å². The van der Waals surface area contributed by atoms with Gasteiger partial charge in [-0.15, -0.1) is 0 Å². The lowest BCUT2D eigenvalue weighted by molar-refractivity contribution is -0.396. The first-order valence-electron chi connectivity index (χ1n) is 4.00. The Morgan fingerprint density at radius 1 is 1.77 bits per heavy atom. The van der Waals surface area contributed by atoms with Gasteiger partial charge in [-0.1, -0.05) is 11.9 Å². The van der Waals surface area contributed by atoms with Crippen LogP contribution in [-0.4, -0.2) is 26.2 Å². The van der Waals surface area contributed by atoms with Gasteiger partial charge in [0.1, 0.15) is 11.9 Å². The molecule has 1 aromatic heterocycles. The van der Waals surface area contributed by atoms with Gasteiger partial charge in [0.25, 0.3) is 0 Å². The zero-order valence-electron chi connectivity index (χ0n) is 7.30. The van der Waals surface area contributed by atoms with Crippen molar-refractivity contribution in [1.82, 2.24) is 9.55 Å². The van der Waals surface area contributed by atoms with E-state index in [2.05, 4.69) is 4.98 Å². The third kappa shape index (κ3) is 1.83. The lowest BCUT2D eigenvalue weighted by atomic mass is 10.3. The molecule has 6 nitrogen and oxygen atoms in total. The van der Waals surface area contributed by atoms with E-state index in [0.29, 0.717) is 6.42 Å². The second-order valence-electron chi connectivity index (χ2n) is 2.54. The Bertz CT molecular complexity index is 308. The van der Waals surface area contributed by atoms with E-state index in [0.717, 1.165) is 5.69 Å². The van der Waals surface area contributed by atoms with Crippen molar-refractivity contribution in [2.45, 2.75) is 19.9 Å². The van der Waals surface area contributed by atoms with Crippen LogP contribution in [0.1, 0.15) is 12.6 Å². The second kappa shape index (κ2) is 3.99. The molecule has 1 N–H and O–H groups in total. The topological polar surface area (TPSA) is 81.2 Å². The molecule has 0 saturated carbocycles. The van der Waals surface area contributed by atoms with Gasteiger partial charge in [0.15, 0.2) is 0 Å². The monoisotopic (exact) mass is 185 g/mol. The average molecular weight is 185 g/mol. The summed E-state index contributed by atoms with van der Waals surface area (Å²) in [6, 6.07) is 0. The van der Waals surface area contributed by atoms with E-state index in [9.17, 15) is 10.1 Å². The number of aliphatic hydroxyl groups excluding tert-OH is 1. The Labute approximate surface area is 75.0 Å². The average Bonchev–Trinajstić information content (AvgIpc) is 2.48. The molecule has 72 valence electrons. The fourth-order valence-corrected chi connectivity index (χ4v) is 1.17. The number of nitro groups is 1. The zero-order valence-corrected chi connectivity index (χ0v) is 7.30. The van der Waals surface area contributed by atoms with Gasteiger partial charge in [-0.05, 0) is 4.92 Å². The minimum atomic E-state index is -0.547. The Balaban J connectivity index is 3.06. The van der Waals surface area contributed by atoms with E-state index in [1.165, 1.54) is 10.8 Å². The van der Waals surface area contributed by atoms with Gasteiger partial charge in [0.05, 0.1) is 13.2 Å². The first-order chi connectivity index (χ1) is 6.20. The fraction of sp³-hybridized carbons (Fsp3) is 0.571. The summed E-state index contributed by atoms with van der Waals surface area (Å²) >= 11 is 0. The molecule has 6 heteroatoms. The van der Waals surface area contributed by atoms with Crippen molar-refractivity contribution in [2.24, 2.45) is 0 Å². The van der Waals surface area contributed by atoms with Crippen LogP contribution in [0.2, 0.25) is 0 Å². The summed E-state index contributed by atoms with van der Waals surface area (Å²) in [6.45, 7) is 1.98. The maximum atomic E-state index is 10.5. The zero-order chi connectivity index (χ0) is 9.84. The predicted molar refractivity (Wildman–Crippen MR) is 45.3 cm³/mol. The van der Waals surface area contributed by atoms with E-state index < -0.39 is 4.92 Å². The molecule has 0 radical (unpaired) electrons. The van der Waals surface area contributed by atoms with Crippen LogP contribution in [0.25, 0.3) is 0 Å². The molecule has 0 spiro atoms. The van der Waals surface area contributed by atoms with Gasteiger partial charge in [0.2, 0.25) is 0 Å². The number of nitrogens with zero attached hydrogens (tertiary/aromatic N) is 3. The predicted octanol–water partition coefficient (Wildman–Crippen LogP) is 0.346. The van der Waals surface area contributed by atoms with Crippen molar-refractivity contribution >= 4 is 5.95 Å². The molecule has 13 heavy (non-hydrogen) atoms. The fourth-order valence-electron chi connectivity index (χ4n) is 1.17. The highest BCUT2D eigenvalue weighted by Gasteiger charge is 2.18. The molecule has 0 unspecified atom stereocenters.